The number of hydrazone groups is 1. The van der Waals surface area contributed by atoms with Gasteiger partial charge in [0.1, 0.15) is 12.0 Å². The van der Waals surface area contributed by atoms with Gasteiger partial charge in [-0.25, -0.2) is 5.01 Å². The first-order chi connectivity index (χ1) is 13.8. The summed E-state index contributed by atoms with van der Waals surface area (Å²) in [5.41, 5.74) is 4.83. The summed E-state index contributed by atoms with van der Waals surface area (Å²) in [6.45, 7) is 8.06. The lowest BCUT2D eigenvalue weighted by Gasteiger charge is -2.33. The van der Waals surface area contributed by atoms with Crippen molar-refractivity contribution >= 4 is 23.2 Å². The van der Waals surface area contributed by atoms with Gasteiger partial charge in [0.15, 0.2) is 6.17 Å². The molecular weight excluding hydrogens is 388 g/mol. The first kappa shape index (κ1) is 19.5. The monoisotopic (exact) mass is 412 g/mol. The van der Waals surface area contributed by atoms with Crippen molar-refractivity contribution in [2.75, 3.05) is 0 Å². The SMILES string of the molecule is CC1=CC(C)NC(C(=O)NC2=CNC3C(C)=C(C)C(c4ccccc4Cl)=NN23)N1. The predicted octanol–water partition coefficient (Wildman–Crippen LogP) is 2.35. The van der Waals surface area contributed by atoms with E-state index < -0.39 is 6.17 Å². The van der Waals surface area contributed by atoms with Gasteiger partial charge in [0.25, 0.3) is 5.91 Å². The number of carbonyl (C=O) groups excluding carboxylic acids is 1. The molecule has 8 heteroatoms. The Bertz CT molecular complexity index is 979. The summed E-state index contributed by atoms with van der Waals surface area (Å²) in [6, 6.07) is 7.76. The first-order valence-electron chi connectivity index (χ1n) is 9.63. The van der Waals surface area contributed by atoms with Crippen molar-refractivity contribution in [3.8, 4) is 0 Å². The molecule has 0 aromatic heterocycles. The maximum atomic E-state index is 12.8. The molecule has 3 unspecified atom stereocenters. The molecule has 29 heavy (non-hydrogen) atoms. The molecule has 1 aromatic rings. The van der Waals surface area contributed by atoms with Crippen LogP contribution in [0.3, 0.4) is 0 Å². The number of benzene rings is 1. The lowest BCUT2D eigenvalue weighted by molar-refractivity contribution is -0.123. The average Bonchev–Trinajstić information content (AvgIpc) is 3.07. The molecule has 3 heterocycles. The van der Waals surface area contributed by atoms with E-state index in [4.69, 9.17) is 16.7 Å². The van der Waals surface area contributed by atoms with Crippen molar-refractivity contribution in [3.63, 3.8) is 0 Å². The quantitative estimate of drug-likeness (QED) is 0.612. The van der Waals surface area contributed by atoms with Crippen LogP contribution in [0.4, 0.5) is 0 Å². The Morgan fingerprint density at radius 3 is 2.72 bits per heavy atom. The minimum Gasteiger partial charge on any atom is -0.366 e. The van der Waals surface area contributed by atoms with Gasteiger partial charge >= 0.3 is 0 Å². The van der Waals surface area contributed by atoms with E-state index in [2.05, 4.69) is 28.2 Å². The molecule has 3 atom stereocenters. The molecule has 0 aliphatic carbocycles. The van der Waals surface area contributed by atoms with Crippen LogP contribution in [0.25, 0.3) is 0 Å². The third-order valence-electron chi connectivity index (χ3n) is 5.38. The van der Waals surface area contributed by atoms with Crippen LogP contribution in [-0.4, -0.2) is 35.0 Å². The summed E-state index contributed by atoms with van der Waals surface area (Å²) in [6.07, 6.45) is 3.18. The van der Waals surface area contributed by atoms with Crippen LogP contribution in [0.2, 0.25) is 5.02 Å². The molecule has 0 saturated heterocycles. The number of fused-ring (bicyclic) bond motifs is 1. The zero-order chi connectivity index (χ0) is 20.7. The van der Waals surface area contributed by atoms with E-state index in [1.165, 1.54) is 0 Å². The Kier molecular flexibility index (Phi) is 5.10. The average molecular weight is 413 g/mol. The second-order valence-corrected chi connectivity index (χ2v) is 7.96. The Morgan fingerprint density at radius 2 is 2.00 bits per heavy atom. The number of rotatable bonds is 3. The molecule has 3 aliphatic rings. The number of nitrogens with zero attached hydrogens (tertiary/aromatic N) is 2. The van der Waals surface area contributed by atoms with Gasteiger partial charge in [-0.3, -0.25) is 10.1 Å². The van der Waals surface area contributed by atoms with Crippen molar-refractivity contribution in [2.24, 2.45) is 5.10 Å². The van der Waals surface area contributed by atoms with Crippen molar-refractivity contribution < 1.29 is 4.79 Å². The number of halogens is 1. The Labute approximate surface area is 175 Å². The summed E-state index contributed by atoms with van der Waals surface area (Å²) in [5, 5.41) is 19.9. The molecular formula is C21H25ClN6O. The molecule has 7 nitrogen and oxygen atoms in total. The zero-order valence-corrected chi connectivity index (χ0v) is 17.6. The van der Waals surface area contributed by atoms with Gasteiger partial charge in [-0.2, -0.15) is 5.10 Å². The van der Waals surface area contributed by atoms with Gasteiger partial charge in [-0.1, -0.05) is 29.8 Å². The number of nitrogens with one attached hydrogen (secondary N) is 4. The van der Waals surface area contributed by atoms with E-state index in [1.807, 2.05) is 51.1 Å². The maximum absolute atomic E-state index is 12.8. The van der Waals surface area contributed by atoms with Crippen LogP contribution in [0.1, 0.15) is 33.3 Å². The number of allylic oxidation sites excluding steroid dienone is 2. The van der Waals surface area contributed by atoms with Crippen LogP contribution in [-0.2, 0) is 4.79 Å². The standard InChI is InChI=1S/C21H25ClN6O/c1-11-9-12(2)25-19(24-11)21(29)26-17-10-23-20-14(4)13(3)18(27-28(17)20)15-7-5-6-8-16(15)22/h5-11,19-20,23-25H,1-4H3,(H,26,29). The lowest BCUT2D eigenvalue weighted by atomic mass is 9.97. The second-order valence-electron chi connectivity index (χ2n) is 7.55. The van der Waals surface area contributed by atoms with Crippen molar-refractivity contribution in [2.45, 2.75) is 46.1 Å². The number of hydrogen-bond acceptors (Lipinski definition) is 6. The highest BCUT2D eigenvalue weighted by molar-refractivity contribution is 6.35. The highest BCUT2D eigenvalue weighted by Gasteiger charge is 2.35. The van der Waals surface area contributed by atoms with Crippen molar-refractivity contribution in [1.29, 1.82) is 0 Å². The molecule has 152 valence electrons. The van der Waals surface area contributed by atoms with Crippen molar-refractivity contribution in [1.82, 2.24) is 26.3 Å². The molecule has 4 N–H and O–H groups in total. The molecule has 0 spiro atoms. The molecule has 0 bridgehead atoms. The van der Waals surface area contributed by atoms with E-state index in [9.17, 15) is 4.79 Å². The van der Waals surface area contributed by atoms with Gasteiger partial charge in [0.2, 0.25) is 0 Å². The van der Waals surface area contributed by atoms with Crippen LogP contribution >= 0.6 is 11.6 Å². The van der Waals surface area contributed by atoms with Gasteiger partial charge in [-0.05, 0) is 51.0 Å². The number of amides is 1. The fourth-order valence-corrected chi connectivity index (χ4v) is 4.00. The number of carbonyl (C=O) groups is 1. The third kappa shape index (κ3) is 3.63. The minimum absolute atomic E-state index is 0.114. The summed E-state index contributed by atoms with van der Waals surface area (Å²) in [7, 11) is 0. The molecule has 0 fully saturated rings. The van der Waals surface area contributed by atoms with E-state index in [0.29, 0.717) is 10.8 Å². The van der Waals surface area contributed by atoms with Gasteiger partial charge in [-0.15, -0.1) is 0 Å². The van der Waals surface area contributed by atoms with E-state index >= 15 is 0 Å². The highest BCUT2D eigenvalue weighted by Crippen LogP contribution is 2.30. The fourth-order valence-electron chi connectivity index (χ4n) is 3.77. The molecule has 0 saturated carbocycles. The summed E-state index contributed by atoms with van der Waals surface area (Å²) in [5.74, 6) is 0.427. The number of hydrogen-bond donors (Lipinski definition) is 4. The summed E-state index contributed by atoms with van der Waals surface area (Å²) >= 11 is 6.42. The van der Waals surface area contributed by atoms with Gasteiger partial charge in [0, 0.05) is 23.5 Å². The van der Waals surface area contributed by atoms with E-state index in [0.717, 1.165) is 28.1 Å². The third-order valence-corrected chi connectivity index (χ3v) is 5.71. The molecule has 3 aliphatic heterocycles. The first-order valence-corrected chi connectivity index (χ1v) is 10.0. The highest BCUT2D eigenvalue weighted by atomic mass is 35.5. The normalized spacial score (nSPS) is 26.0. The van der Waals surface area contributed by atoms with Crippen LogP contribution in [0, 0.1) is 0 Å². The van der Waals surface area contributed by atoms with Crippen LogP contribution < -0.4 is 21.3 Å². The van der Waals surface area contributed by atoms with Crippen molar-refractivity contribution in [3.05, 3.63) is 69.8 Å². The smallest absolute Gasteiger partial charge is 0.263 e. The minimum atomic E-state index is -0.509. The Morgan fingerprint density at radius 1 is 1.24 bits per heavy atom. The van der Waals surface area contributed by atoms with Gasteiger partial charge < -0.3 is 16.0 Å². The van der Waals surface area contributed by atoms with Crippen LogP contribution in [0.5, 0.6) is 0 Å². The predicted molar refractivity (Wildman–Crippen MR) is 115 cm³/mol. The van der Waals surface area contributed by atoms with E-state index in [-0.39, 0.29) is 18.1 Å². The molecule has 4 rings (SSSR count). The fraction of sp³-hybridized carbons (Fsp3) is 0.333. The van der Waals surface area contributed by atoms with Crippen LogP contribution in [0.15, 0.2) is 64.3 Å². The molecule has 0 radical (unpaired) electrons. The second kappa shape index (κ2) is 7.57. The maximum Gasteiger partial charge on any atom is 0.263 e. The summed E-state index contributed by atoms with van der Waals surface area (Å²) in [4.78, 5) is 12.8. The zero-order valence-electron chi connectivity index (χ0n) is 16.9. The Balaban J connectivity index is 1.58. The molecule has 1 amide bonds. The topological polar surface area (TPSA) is 80.8 Å². The molecule has 1 aromatic carbocycles. The van der Waals surface area contributed by atoms with E-state index in [1.54, 1.807) is 11.2 Å². The Hall–Kier alpha value is -2.77. The van der Waals surface area contributed by atoms with Gasteiger partial charge in [0.05, 0.1) is 10.7 Å². The summed E-state index contributed by atoms with van der Waals surface area (Å²) < 4.78 is 0. The lowest BCUT2D eigenvalue weighted by Crippen LogP contribution is -2.57. The largest absolute Gasteiger partial charge is 0.366 e.